The number of carbonyl (C=O) groups is 6. The molecular weight excluding hydrogens is 805 g/mol. The summed E-state index contributed by atoms with van der Waals surface area (Å²) < 4.78 is 0. The van der Waals surface area contributed by atoms with Gasteiger partial charge in [0.15, 0.2) is 0 Å². The first-order valence-electron chi connectivity index (χ1n) is 22.5. The molecule has 0 unspecified atom stereocenters. The van der Waals surface area contributed by atoms with Crippen LogP contribution in [0.2, 0.25) is 0 Å². The van der Waals surface area contributed by atoms with Gasteiger partial charge in [-0.2, -0.15) is 0 Å². The van der Waals surface area contributed by atoms with Crippen molar-refractivity contribution in [3.05, 3.63) is 71.8 Å². The molecule has 15 N–H and O–H groups in total. The Hall–Kier alpha value is -4.94. The van der Waals surface area contributed by atoms with Crippen LogP contribution in [0.3, 0.4) is 0 Å². The number of hydrogen-bond donors (Lipinski definition) is 11. The van der Waals surface area contributed by atoms with Gasteiger partial charge in [0.1, 0.15) is 24.2 Å². The van der Waals surface area contributed by atoms with Gasteiger partial charge in [0.05, 0.1) is 12.1 Å². The minimum absolute atomic E-state index is 0.0284. The van der Waals surface area contributed by atoms with E-state index in [1.165, 1.54) is 0 Å². The molecule has 0 spiro atoms. The Morgan fingerprint density at radius 2 is 1.02 bits per heavy atom. The highest BCUT2D eigenvalue weighted by atomic mass is 16.4. The van der Waals surface area contributed by atoms with Crippen LogP contribution in [0.4, 0.5) is 0 Å². The van der Waals surface area contributed by atoms with E-state index < -0.39 is 71.8 Å². The van der Waals surface area contributed by atoms with E-state index in [-0.39, 0.29) is 57.2 Å². The lowest BCUT2D eigenvalue weighted by Gasteiger charge is -2.27. The van der Waals surface area contributed by atoms with E-state index in [1.807, 2.05) is 74.5 Å². The molecule has 0 bridgehead atoms. The third-order valence-electron chi connectivity index (χ3n) is 10.5. The Kier molecular flexibility index (Phi) is 26.0. The minimum Gasteiger partial charge on any atom is -0.480 e. The standard InChI is InChI=1S/C46H76N10O7/c1-30(2)25-34(49)29-52-36(20-13-22-47)43(59)54-38(46(62)63)19-11-12-24-51-42(58)37(21-14-23-48)53-44(60)39(26-31(3)4)56-45(61)40(28-33-17-9-6-10-18-33)55-41(57)35(50)27-32-15-7-5-8-16-32/h5-10,15-18,30-31,34-40,52H,11-14,19-29,47-50H2,1-4H3,(H,51,58)(H,53,60)(H,54,59)(H,55,57)(H,56,61)(H,62,63)/t34-,35-,36-,37-,38-,39-,40-/m1/s1. The molecule has 0 radical (unpaired) electrons. The number of aliphatic carboxylic acids is 1. The van der Waals surface area contributed by atoms with Gasteiger partial charge < -0.3 is 59.9 Å². The van der Waals surface area contributed by atoms with Crippen LogP contribution in [-0.4, -0.2) is 109 Å². The number of unbranched alkanes of at least 4 members (excludes halogenated alkanes) is 1. The van der Waals surface area contributed by atoms with E-state index >= 15 is 0 Å². The average Bonchev–Trinajstić information content (AvgIpc) is 3.23. The topological polar surface area (TPSA) is 299 Å². The van der Waals surface area contributed by atoms with Crippen molar-refractivity contribution in [3.63, 3.8) is 0 Å². The van der Waals surface area contributed by atoms with Crippen LogP contribution in [0, 0.1) is 11.8 Å². The third-order valence-corrected chi connectivity index (χ3v) is 10.5. The lowest BCUT2D eigenvalue weighted by Crippen LogP contribution is -2.58. The molecule has 352 valence electrons. The highest BCUT2D eigenvalue weighted by Crippen LogP contribution is 2.11. The van der Waals surface area contributed by atoms with Crippen LogP contribution >= 0.6 is 0 Å². The fourth-order valence-electron chi connectivity index (χ4n) is 7.11. The largest absolute Gasteiger partial charge is 0.480 e. The van der Waals surface area contributed by atoms with Crippen LogP contribution in [-0.2, 0) is 41.6 Å². The number of carboxylic acid groups (broad SMARTS) is 1. The predicted molar refractivity (Wildman–Crippen MR) is 246 cm³/mol. The molecule has 0 aliphatic carbocycles. The summed E-state index contributed by atoms with van der Waals surface area (Å²) in [6.07, 6.45) is 4.00. The number of amides is 5. The van der Waals surface area contributed by atoms with Crippen molar-refractivity contribution < 1.29 is 33.9 Å². The van der Waals surface area contributed by atoms with Gasteiger partial charge in [-0.05, 0) is 100 Å². The summed E-state index contributed by atoms with van der Waals surface area (Å²) in [4.78, 5) is 79.9. The summed E-state index contributed by atoms with van der Waals surface area (Å²) in [5.41, 5.74) is 25.6. The molecule has 2 aromatic carbocycles. The zero-order valence-electron chi connectivity index (χ0n) is 37.8. The molecule has 0 heterocycles. The Morgan fingerprint density at radius 1 is 0.540 bits per heavy atom. The lowest BCUT2D eigenvalue weighted by atomic mass is 10.00. The summed E-state index contributed by atoms with van der Waals surface area (Å²) in [6, 6.07) is 12.5. The van der Waals surface area contributed by atoms with Gasteiger partial charge in [0, 0.05) is 25.6 Å². The zero-order chi connectivity index (χ0) is 46.7. The molecular formula is C46H76N10O7. The van der Waals surface area contributed by atoms with E-state index in [0.29, 0.717) is 51.1 Å². The number of carbonyl (C=O) groups excluding carboxylic acids is 5. The van der Waals surface area contributed by atoms with E-state index in [2.05, 4.69) is 45.7 Å². The van der Waals surface area contributed by atoms with Crippen molar-refractivity contribution in [1.29, 1.82) is 0 Å². The highest BCUT2D eigenvalue weighted by Gasteiger charge is 2.31. The van der Waals surface area contributed by atoms with Crippen LogP contribution in [0.15, 0.2) is 60.7 Å². The van der Waals surface area contributed by atoms with Crippen LogP contribution in [0.25, 0.3) is 0 Å². The first kappa shape index (κ1) is 54.2. The maximum absolute atomic E-state index is 13.9. The normalized spacial score (nSPS) is 14.7. The van der Waals surface area contributed by atoms with E-state index in [9.17, 15) is 33.9 Å². The van der Waals surface area contributed by atoms with E-state index in [4.69, 9.17) is 22.9 Å². The summed E-state index contributed by atoms with van der Waals surface area (Å²) in [6.45, 7) is 9.17. The molecule has 17 heteroatoms. The Bertz CT molecular complexity index is 1670. The molecule has 17 nitrogen and oxygen atoms in total. The van der Waals surface area contributed by atoms with Crippen LogP contribution < -0.4 is 54.8 Å². The Balaban J connectivity index is 2.06. The second-order valence-corrected chi connectivity index (χ2v) is 17.2. The van der Waals surface area contributed by atoms with Gasteiger partial charge in [0.2, 0.25) is 29.5 Å². The van der Waals surface area contributed by atoms with Crippen molar-refractivity contribution in [1.82, 2.24) is 31.9 Å². The van der Waals surface area contributed by atoms with Gasteiger partial charge >= 0.3 is 5.97 Å². The van der Waals surface area contributed by atoms with E-state index in [1.54, 1.807) is 0 Å². The summed E-state index contributed by atoms with van der Waals surface area (Å²) >= 11 is 0. The first-order chi connectivity index (χ1) is 30.0. The smallest absolute Gasteiger partial charge is 0.326 e. The Labute approximate surface area is 373 Å². The molecule has 0 fully saturated rings. The summed E-state index contributed by atoms with van der Waals surface area (Å²) in [5, 5.41) is 27.0. The van der Waals surface area contributed by atoms with Crippen molar-refractivity contribution >= 4 is 35.5 Å². The van der Waals surface area contributed by atoms with Crippen molar-refractivity contribution in [3.8, 4) is 0 Å². The van der Waals surface area contributed by atoms with Gasteiger partial charge in [-0.25, -0.2) is 4.79 Å². The van der Waals surface area contributed by atoms with Crippen molar-refractivity contribution in [2.45, 2.75) is 141 Å². The molecule has 0 saturated heterocycles. The fraction of sp³-hybridized carbons (Fsp3) is 0.609. The number of nitrogens with two attached hydrogens (primary N) is 4. The van der Waals surface area contributed by atoms with Gasteiger partial charge in [-0.1, -0.05) is 88.4 Å². The molecule has 0 aromatic heterocycles. The molecule has 7 atom stereocenters. The molecule has 5 amide bonds. The molecule has 0 saturated carbocycles. The maximum Gasteiger partial charge on any atom is 0.326 e. The summed E-state index contributed by atoms with van der Waals surface area (Å²) in [5.74, 6) is -3.37. The third kappa shape index (κ3) is 22.3. The molecule has 0 aliphatic rings. The number of carboxylic acids is 1. The van der Waals surface area contributed by atoms with Gasteiger partial charge in [0.25, 0.3) is 0 Å². The van der Waals surface area contributed by atoms with Gasteiger partial charge in [-0.3, -0.25) is 24.0 Å². The molecule has 2 rings (SSSR count). The SMILES string of the molecule is CC(C)C[C@@H](N)CN[C@H](CCCN)C(=O)N[C@H](CCCCNC(=O)[C@@H](CCCN)NC(=O)[C@@H](CC(C)C)NC(=O)[C@@H](Cc1ccccc1)NC(=O)[C@H](N)Cc1ccccc1)C(=O)O. The quantitative estimate of drug-likeness (QED) is 0.0459. The first-order valence-corrected chi connectivity index (χ1v) is 22.5. The fourth-order valence-corrected chi connectivity index (χ4v) is 7.11. The number of hydrogen-bond acceptors (Lipinski definition) is 11. The molecule has 2 aromatic rings. The van der Waals surface area contributed by atoms with Crippen LogP contribution in [0.1, 0.15) is 96.6 Å². The lowest BCUT2D eigenvalue weighted by molar-refractivity contribution is -0.142. The van der Waals surface area contributed by atoms with Crippen LogP contribution in [0.5, 0.6) is 0 Å². The number of nitrogens with one attached hydrogen (secondary N) is 6. The van der Waals surface area contributed by atoms with Crippen molar-refractivity contribution in [2.75, 3.05) is 26.2 Å². The zero-order valence-corrected chi connectivity index (χ0v) is 37.8. The highest BCUT2D eigenvalue weighted by molar-refractivity contribution is 5.95. The molecule has 0 aliphatic heterocycles. The predicted octanol–water partition coefficient (Wildman–Crippen LogP) is 0.965. The van der Waals surface area contributed by atoms with Crippen molar-refractivity contribution in [2.24, 2.45) is 34.8 Å². The average molecular weight is 881 g/mol. The van der Waals surface area contributed by atoms with Gasteiger partial charge in [-0.15, -0.1) is 0 Å². The second-order valence-electron chi connectivity index (χ2n) is 17.2. The van der Waals surface area contributed by atoms with E-state index in [0.717, 1.165) is 17.5 Å². The Morgan fingerprint density at radius 3 is 1.57 bits per heavy atom. The maximum atomic E-state index is 13.9. The summed E-state index contributed by atoms with van der Waals surface area (Å²) in [7, 11) is 0. The number of benzene rings is 2. The number of rotatable bonds is 32. The molecule has 63 heavy (non-hydrogen) atoms. The second kappa shape index (κ2) is 30.2. The minimum atomic E-state index is -1.17. The monoisotopic (exact) mass is 881 g/mol.